The van der Waals surface area contributed by atoms with Crippen LogP contribution in [0.5, 0.6) is 0 Å². The van der Waals surface area contributed by atoms with E-state index in [1.807, 2.05) is 13.8 Å². The van der Waals surface area contributed by atoms with Gasteiger partial charge in [-0.2, -0.15) is 0 Å². The van der Waals surface area contributed by atoms with Crippen LogP contribution in [0, 0.1) is 9.39 Å². The smallest absolute Gasteiger partial charge is 0.164 e. The molecule has 0 spiro atoms. The van der Waals surface area contributed by atoms with E-state index in [4.69, 9.17) is 23.2 Å². The Kier molecular flexibility index (Phi) is 4.63. The average Bonchev–Trinajstić information content (AvgIpc) is 2.35. The van der Waals surface area contributed by atoms with Crippen molar-refractivity contribution in [3.8, 4) is 11.4 Å². The number of nitrogens with zero attached hydrogens (tertiary/aromatic N) is 2. The van der Waals surface area contributed by atoms with Gasteiger partial charge < -0.3 is 0 Å². The van der Waals surface area contributed by atoms with Gasteiger partial charge in [-0.25, -0.2) is 14.4 Å². The van der Waals surface area contributed by atoms with E-state index in [9.17, 15) is 4.39 Å². The van der Waals surface area contributed by atoms with Crippen LogP contribution in [0.1, 0.15) is 25.5 Å². The van der Waals surface area contributed by atoms with Crippen LogP contribution in [0.15, 0.2) is 18.2 Å². The zero-order valence-electron chi connectivity index (χ0n) is 10.2. The second kappa shape index (κ2) is 5.89. The Bertz CT molecular complexity index is 632. The highest BCUT2D eigenvalue weighted by atomic mass is 127. The summed E-state index contributed by atoms with van der Waals surface area (Å²) in [6, 6.07) is 4.73. The molecule has 0 unspecified atom stereocenters. The average molecular weight is 411 g/mol. The quantitative estimate of drug-likeness (QED) is 0.494. The van der Waals surface area contributed by atoms with Crippen molar-refractivity contribution < 1.29 is 4.39 Å². The lowest BCUT2D eigenvalue weighted by Crippen LogP contribution is -2.03. The molecule has 0 radical (unpaired) electrons. The Hall–Kier alpha value is -0.460. The molecule has 1 heterocycles. The van der Waals surface area contributed by atoms with Crippen LogP contribution in [0.4, 0.5) is 4.39 Å². The minimum absolute atomic E-state index is 0.0434. The summed E-state index contributed by atoms with van der Waals surface area (Å²) in [5.74, 6) is -0.0985. The summed E-state index contributed by atoms with van der Waals surface area (Å²) in [6.07, 6.45) is 0. The van der Waals surface area contributed by atoms with E-state index in [2.05, 4.69) is 32.6 Å². The maximum Gasteiger partial charge on any atom is 0.164 e. The van der Waals surface area contributed by atoms with Gasteiger partial charge in [-0.05, 0) is 40.6 Å². The third-order valence-corrected chi connectivity index (χ3v) is 4.52. The minimum atomic E-state index is -0.531. The Morgan fingerprint density at radius 2 is 1.89 bits per heavy atom. The minimum Gasteiger partial charge on any atom is -0.231 e. The first-order chi connectivity index (χ1) is 8.91. The van der Waals surface area contributed by atoms with Gasteiger partial charge in [-0.1, -0.05) is 43.1 Å². The van der Waals surface area contributed by atoms with Gasteiger partial charge in [0.2, 0.25) is 0 Å². The Labute approximate surface area is 134 Å². The fraction of sp³-hybridized carbons (Fsp3) is 0.231. The molecule has 2 aromatic rings. The maximum atomic E-state index is 14.0. The van der Waals surface area contributed by atoms with Crippen molar-refractivity contribution in [2.45, 2.75) is 19.8 Å². The molecule has 100 valence electrons. The van der Waals surface area contributed by atoms with Crippen molar-refractivity contribution in [3.05, 3.63) is 43.5 Å². The molecule has 0 aliphatic carbocycles. The van der Waals surface area contributed by atoms with E-state index in [0.717, 1.165) is 9.26 Å². The Morgan fingerprint density at radius 3 is 2.53 bits per heavy atom. The molecule has 0 N–H and O–H groups in total. The summed E-state index contributed by atoms with van der Waals surface area (Å²) >= 11 is 14.0. The zero-order chi connectivity index (χ0) is 14.2. The molecule has 0 aliphatic heterocycles. The van der Waals surface area contributed by atoms with Gasteiger partial charge in [0.05, 0.1) is 19.9 Å². The number of hydrogen-bond acceptors (Lipinski definition) is 2. The predicted molar refractivity (Wildman–Crippen MR) is 84.3 cm³/mol. The first kappa shape index (κ1) is 14.9. The first-order valence-electron chi connectivity index (χ1n) is 5.59. The Balaban J connectivity index is 2.67. The van der Waals surface area contributed by atoms with E-state index in [1.165, 1.54) is 6.07 Å². The molecule has 0 bridgehead atoms. The fourth-order valence-electron chi connectivity index (χ4n) is 1.62. The van der Waals surface area contributed by atoms with Crippen LogP contribution in [-0.4, -0.2) is 9.97 Å². The normalized spacial score (nSPS) is 11.1. The van der Waals surface area contributed by atoms with Crippen molar-refractivity contribution in [2.24, 2.45) is 0 Å². The highest BCUT2D eigenvalue weighted by molar-refractivity contribution is 14.1. The van der Waals surface area contributed by atoms with Gasteiger partial charge >= 0.3 is 0 Å². The van der Waals surface area contributed by atoms with E-state index in [1.54, 1.807) is 12.1 Å². The van der Waals surface area contributed by atoms with Crippen LogP contribution >= 0.6 is 45.8 Å². The molecule has 2 rings (SSSR count). The van der Waals surface area contributed by atoms with Crippen molar-refractivity contribution in [2.75, 3.05) is 0 Å². The molecule has 0 saturated carbocycles. The standard InChI is InChI=1S/C13H10Cl2FIN2/c1-6(2)11-10(17)12(15)19-13(18-11)7-4-3-5-8(14)9(7)16/h3-6H,1-2H3. The summed E-state index contributed by atoms with van der Waals surface area (Å²) in [5, 5.41) is 0.371. The molecule has 0 atom stereocenters. The molecule has 2 nitrogen and oxygen atoms in total. The molecule has 0 amide bonds. The molecule has 1 aromatic carbocycles. The second-order valence-corrected chi connectivity index (χ2v) is 6.14. The molecule has 0 fully saturated rings. The predicted octanol–water partition coefficient (Wildman–Crippen LogP) is 5.32. The third-order valence-electron chi connectivity index (χ3n) is 2.58. The van der Waals surface area contributed by atoms with Crippen LogP contribution in [-0.2, 0) is 0 Å². The van der Waals surface area contributed by atoms with Gasteiger partial charge in [0.1, 0.15) is 5.15 Å². The maximum absolute atomic E-state index is 14.0. The number of halogens is 4. The monoisotopic (exact) mass is 410 g/mol. The van der Waals surface area contributed by atoms with Crippen molar-refractivity contribution >= 4 is 45.8 Å². The second-order valence-electron chi connectivity index (χ2n) is 4.29. The lowest BCUT2D eigenvalue weighted by atomic mass is 10.1. The van der Waals surface area contributed by atoms with Crippen LogP contribution in [0.2, 0.25) is 10.2 Å². The van der Waals surface area contributed by atoms with Gasteiger partial charge in [-0.15, -0.1) is 0 Å². The molecule has 19 heavy (non-hydrogen) atoms. The van der Waals surface area contributed by atoms with Gasteiger partial charge in [0.25, 0.3) is 0 Å². The number of aromatic nitrogens is 2. The molecule has 0 aliphatic rings. The summed E-state index contributed by atoms with van der Waals surface area (Å²) in [7, 11) is 0. The molecule has 1 aromatic heterocycles. The van der Waals surface area contributed by atoms with Gasteiger partial charge in [0, 0.05) is 0 Å². The molecular formula is C13H10Cl2FIN2. The van der Waals surface area contributed by atoms with Gasteiger partial charge in [0.15, 0.2) is 11.6 Å². The van der Waals surface area contributed by atoms with Gasteiger partial charge in [-0.3, -0.25) is 0 Å². The zero-order valence-corrected chi connectivity index (χ0v) is 13.9. The topological polar surface area (TPSA) is 25.8 Å². The third kappa shape index (κ3) is 3.01. The van der Waals surface area contributed by atoms with E-state index < -0.39 is 5.82 Å². The van der Waals surface area contributed by atoms with E-state index in [0.29, 0.717) is 5.15 Å². The number of hydrogen-bond donors (Lipinski definition) is 0. The van der Waals surface area contributed by atoms with E-state index in [-0.39, 0.29) is 22.3 Å². The van der Waals surface area contributed by atoms with Crippen LogP contribution < -0.4 is 0 Å². The fourth-order valence-corrected chi connectivity index (χ4v) is 2.83. The lowest BCUT2D eigenvalue weighted by Gasteiger charge is -2.11. The molecular weight excluding hydrogens is 401 g/mol. The number of benzene rings is 1. The van der Waals surface area contributed by atoms with Crippen LogP contribution in [0.25, 0.3) is 11.4 Å². The summed E-state index contributed by atoms with van der Waals surface area (Å²) in [4.78, 5) is 8.54. The highest BCUT2D eigenvalue weighted by Gasteiger charge is 2.17. The van der Waals surface area contributed by atoms with Crippen LogP contribution in [0.3, 0.4) is 0 Å². The lowest BCUT2D eigenvalue weighted by molar-refractivity contribution is 0.630. The van der Waals surface area contributed by atoms with E-state index >= 15 is 0 Å². The van der Waals surface area contributed by atoms with Crippen molar-refractivity contribution in [1.29, 1.82) is 0 Å². The summed E-state index contributed by atoms with van der Waals surface area (Å²) in [5.41, 5.74) is 1.06. The SMILES string of the molecule is CC(C)c1nc(-c2cccc(Cl)c2F)nc(Cl)c1I. The summed E-state index contributed by atoms with van der Waals surface area (Å²) in [6.45, 7) is 4.00. The van der Waals surface area contributed by atoms with Crippen molar-refractivity contribution in [3.63, 3.8) is 0 Å². The first-order valence-corrected chi connectivity index (χ1v) is 7.42. The largest absolute Gasteiger partial charge is 0.231 e. The Morgan fingerprint density at radius 1 is 1.21 bits per heavy atom. The molecule has 0 saturated heterocycles. The highest BCUT2D eigenvalue weighted by Crippen LogP contribution is 2.30. The van der Waals surface area contributed by atoms with Crippen molar-refractivity contribution in [1.82, 2.24) is 9.97 Å². The summed E-state index contributed by atoms with van der Waals surface area (Å²) < 4.78 is 14.8. The molecule has 6 heteroatoms. The number of rotatable bonds is 2.